The SMILES string of the molecule is CC(C)=CCC[C@H](C)[C@H]1CC[C@@]2(C)[C@@H]3CC[C@@H]4C(C)(C)[C@@H](O)CC[C@@]45C[C@@]35CC[C@]12C. The van der Waals surface area contributed by atoms with Gasteiger partial charge in [0.1, 0.15) is 0 Å². The van der Waals surface area contributed by atoms with Crippen LogP contribution in [0.1, 0.15) is 119 Å². The van der Waals surface area contributed by atoms with E-state index in [1.54, 1.807) is 0 Å². The van der Waals surface area contributed by atoms with Crippen molar-refractivity contribution in [3.63, 3.8) is 0 Å². The molecule has 0 radical (unpaired) electrons. The predicted molar refractivity (Wildman–Crippen MR) is 131 cm³/mol. The molecule has 5 rings (SSSR count). The van der Waals surface area contributed by atoms with E-state index in [-0.39, 0.29) is 11.5 Å². The third-order valence-electron chi connectivity index (χ3n) is 13.0. The fourth-order valence-corrected chi connectivity index (χ4v) is 11.1. The molecule has 0 aromatic heterocycles. The van der Waals surface area contributed by atoms with Crippen molar-refractivity contribution in [1.29, 1.82) is 0 Å². The number of allylic oxidation sites excluding steroid dienone is 2. The maximum Gasteiger partial charge on any atom is 0.0594 e. The molecule has 1 nitrogen and oxygen atoms in total. The van der Waals surface area contributed by atoms with E-state index in [0.717, 1.165) is 30.1 Å². The lowest BCUT2D eigenvalue weighted by Gasteiger charge is -2.63. The maximum atomic E-state index is 10.8. The maximum absolute atomic E-state index is 10.8. The summed E-state index contributed by atoms with van der Waals surface area (Å²) < 4.78 is 0. The van der Waals surface area contributed by atoms with Gasteiger partial charge in [-0.15, -0.1) is 0 Å². The fourth-order valence-electron chi connectivity index (χ4n) is 11.1. The van der Waals surface area contributed by atoms with Crippen LogP contribution in [-0.4, -0.2) is 11.2 Å². The van der Waals surface area contributed by atoms with Crippen LogP contribution < -0.4 is 0 Å². The van der Waals surface area contributed by atoms with Crippen LogP contribution in [0.3, 0.4) is 0 Å². The smallest absolute Gasteiger partial charge is 0.0594 e. The molecule has 1 N–H and O–H groups in total. The average Bonchev–Trinajstić information content (AvgIpc) is 3.27. The molecule has 5 aliphatic rings. The lowest BCUT2D eigenvalue weighted by atomic mass is 9.41. The van der Waals surface area contributed by atoms with Crippen molar-refractivity contribution in [2.75, 3.05) is 0 Å². The van der Waals surface area contributed by atoms with E-state index in [1.165, 1.54) is 69.8 Å². The molecule has 1 heteroatoms. The van der Waals surface area contributed by atoms with Crippen molar-refractivity contribution in [2.45, 2.75) is 125 Å². The van der Waals surface area contributed by atoms with Crippen molar-refractivity contribution in [1.82, 2.24) is 0 Å². The van der Waals surface area contributed by atoms with E-state index in [4.69, 9.17) is 0 Å². The Morgan fingerprint density at radius 1 is 0.871 bits per heavy atom. The molecule has 0 heterocycles. The summed E-state index contributed by atoms with van der Waals surface area (Å²) in [5.74, 6) is 3.46. The van der Waals surface area contributed by atoms with E-state index < -0.39 is 0 Å². The third kappa shape index (κ3) is 2.71. The Kier molecular flexibility index (Phi) is 4.98. The Labute approximate surface area is 192 Å². The Morgan fingerprint density at radius 3 is 2.26 bits per heavy atom. The second kappa shape index (κ2) is 6.86. The summed E-state index contributed by atoms with van der Waals surface area (Å²) in [6.45, 7) is 17.3. The molecular weight excluding hydrogens is 376 g/mol. The molecule has 5 aliphatic carbocycles. The summed E-state index contributed by atoms with van der Waals surface area (Å²) in [7, 11) is 0. The van der Waals surface area contributed by atoms with Gasteiger partial charge in [-0.05, 0) is 135 Å². The first-order chi connectivity index (χ1) is 14.4. The van der Waals surface area contributed by atoms with Crippen molar-refractivity contribution in [3.8, 4) is 0 Å². The van der Waals surface area contributed by atoms with Crippen molar-refractivity contribution in [3.05, 3.63) is 11.6 Å². The van der Waals surface area contributed by atoms with Crippen LogP contribution in [0.2, 0.25) is 0 Å². The molecule has 0 unspecified atom stereocenters. The van der Waals surface area contributed by atoms with Crippen LogP contribution in [0, 0.1) is 50.7 Å². The Balaban J connectivity index is 1.41. The van der Waals surface area contributed by atoms with E-state index in [2.05, 4.69) is 54.5 Å². The molecule has 176 valence electrons. The predicted octanol–water partition coefficient (Wildman–Crippen LogP) is 8.17. The van der Waals surface area contributed by atoms with Crippen molar-refractivity contribution in [2.24, 2.45) is 50.7 Å². The molecule has 0 aromatic rings. The topological polar surface area (TPSA) is 20.2 Å². The summed E-state index contributed by atoms with van der Waals surface area (Å²) in [6.07, 6.45) is 17.6. The highest BCUT2D eigenvalue weighted by atomic mass is 16.3. The van der Waals surface area contributed by atoms with E-state index in [0.29, 0.717) is 21.7 Å². The van der Waals surface area contributed by atoms with Gasteiger partial charge in [-0.3, -0.25) is 0 Å². The highest BCUT2D eigenvalue weighted by Crippen LogP contribution is 2.89. The molecule has 0 aromatic carbocycles. The zero-order chi connectivity index (χ0) is 22.4. The molecule has 0 saturated heterocycles. The number of fused-ring (bicyclic) bond motifs is 2. The number of aliphatic hydroxyl groups excluding tert-OH is 1. The summed E-state index contributed by atoms with van der Waals surface area (Å²) in [4.78, 5) is 0. The minimum absolute atomic E-state index is 0.0840. The van der Waals surface area contributed by atoms with Gasteiger partial charge < -0.3 is 5.11 Å². The van der Waals surface area contributed by atoms with Gasteiger partial charge in [0.2, 0.25) is 0 Å². The van der Waals surface area contributed by atoms with Crippen LogP contribution in [0.4, 0.5) is 0 Å². The van der Waals surface area contributed by atoms with Crippen molar-refractivity contribution >= 4 is 0 Å². The summed E-state index contributed by atoms with van der Waals surface area (Å²) in [6, 6.07) is 0. The summed E-state index contributed by atoms with van der Waals surface area (Å²) >= 11 is 0. The molecule has 0 bridgehead atoms. The van der Waals surface area contributed by atoms with Gasteiger partial charge in [-0.1, -0.05) is 46.3 Å². The van der Waals surface area contributed by atoms with Gasteiger partial charge in [-0.25, -0.2) is 0 Å². The van der Waals surface area contributed by atoms with Gasteiger partial charge in [0, 0.05) is 0 Å². The Bertz CT molecular complexity index is 760. The monoisotopic (exact) mass is 426 g/mol. The van der Waals surface area contributed by atoms with Gasteiger partial charge in [0.05, 0.1) is 6.10 Å². The lowest BCUT2D eigenvalue weighted by molar-refractivity contribution is -0.161. The third-order valence-corrected chi connectivity index (χ3v) is 13.0. The normalized spacial score (nSPS) is 52.9. The Hall–Kier alpha value is -0.300. The number of hydrogen-bond acceptors (Lipinski definition) is 1. The van der Waals surface area contributed by atoms with Crippen LogP contribution in [0.25, 0.3) is 0 Å². The molecular formula is C30H50O. The fraction of sp³-hybridized carbons (Fsp3) is 0.933. The number of rotatable bonds is 4. The average molecular weight is 427 g/mol. The van der Waals surface area contributed by atoms with Crippen molar-refractivity contribution < 1.29 is 5.11 Å². The lowest BCUT2D eigenvalue weighted by Crippen LogP contribution is -2.57. The Morgan fingerprint density at radius 2 is 1.55 bits per heavy atom. The number of aliphatic hydroxyl groups is 1. The highest BCUT2D eigenvalue weighted by molar-refractivity contribution is 5.30. The largest absolute Gasteiger partial charge is 0.393 e. The highest BCUT2D eigenvalue weighted by Gasteiger charge is 2.82. The zero-order valence-electron chi connectivity index (χ0n) is 21.7. The van der Waals surface area contributed by atoms with Gasteiger partial charge in [0.25, 0.3) is 0 Å². The first kappa shape index (κ1) is 22.5. The van der Waals surface area contributed by atoms with Crippen LogP contribution >= 0.6 is 0 Å². The van der Waals surface area contributed by atoms with Crippen LogP contribution in [0.5, 0.6) is 0 Å². The second-order valence-corrected chi connectivity index (χ2v) is 14.4. The zero-order valence-corrected chi connectivity index (χ0v) is 21.7. The van der Waals surface area contributed by atoms with Gasteiger partial charge in [-0.2, -0.15) is 0 Å². The molecule has 31 heavy (non-hydrogen) atoms. The van der Waals surface area contributed by atoms with E-state index in [9.17, 15) is 5.11 Å². The van der Waals surface area contributed by atoms with Gasteiger partial charge >= 0.3 is 0 Å². The first-order valence-electron chi connectivity index (χ1n) is 13.8. The summed E-state index contributed by atoms with van der Waals surface area (Å²) in [5, 5.41) is 10.8. The number of hydrogen-bond donors (Lipinski definition) is 1. The second-order valence-electron chi connectivity index (χ2n) is 14.4. The van der Waals surface area contributed by atoms with Crippen LogP contribution in [-0.2, 0) is 0 Å². The first-order valence-corrected chi connectivity index (χ1v) is 13.8. The molecule has 5 saturated carbocycles. The molecule has 5 fully saturated rings. The molecule has 9 atom stereocenters. The molecule has 0 aliphatic heterocycles. The van der Waals surface area contributed by atoms with Crippen LogP contribution in [0.15, 0.2) is 11.6 Å². The van der Waals surface area contributed by atoms with Gasteiger partial charge in [0.15, 0.2) is 0 Å². The minimum atomic E-state index is -0.0840. The summed E-state index contributed by atoms with van der Waals surface area (Å²) in [5.41, 5.74) is 3.87. The standard InChI is InChI=1S/C30H50O/c1-20(2)9-8-10-21(3)22-13-15-28(7)24-12-11-23-26(4,5)25(31)14-16-29(23)19-30(24,29)18-17-27(22,28)6/h9,21-25,31H,8,10-19H2,1-7H3/t21-,22+,23+,24-,25-,27+,28-,29+,30-/m0/s1. The van der Waals surface area contributed by atoms with E-state index >= 15 is 0 Å². The minimum Gasteiger partial charge on any atom is -0.393 e. The van der Waals surface area contributed by atoms with E-state index in [1.807, 2.05) is 0 Å². The molecule has 0 amide bonds. The quantitative estimate of drug-likeness (QED) is 0.449. The molecule has 2 spiro atoms.